The van der Waals surface area contributed by atoms with Crippen molar-refractivity contribution < 1.29 is 95.3 Å². The monoisotopic (exact) mass is 1940 g/mol. The van der Waals surface area contributed by atoms with Crippen LogP contribution in [0.1, 0.15) is 73.3 Å². The van der Waals surface area contributed by atoms with Crippen LogP contribution in [0, 0.1) is 45.1 Å². The number of morpholine rings is 2. The number of benzene rings is 10. The van der Waals surface area contributed by atoms with E-state index in [1.807, 2.05) is 66.7 Å². The van der Waals surface area contributed by atoms with Gasteiger partial charge in [-0.3, -0.25) is 0 Å². The van der Waals surface area contributed by atoms with Crippen molar-refractivity contribution in [1.29, 1.82) is 0 Å². The van der Waals surface area contributed by atoms with Gasteiger partial charge in [0.15, 0.2) is 0 Å². The number of methoxy groups -OCH3 is 4. The Labute approximate surface area is 803 Å². The molecule has 726 valence electrons. The Morgan fingerprint density at radius 2 is 0.707 bits per heavy atom. The number of aryl methyl sites for hydroxylation is 4. The Morgan fingerprint density at radius 1 is 0.350 bits per heavy atom. The van der Waals surface area contributed by atoms with Gasteiger partial charge in [-0.2, -0.15) is 49.4 Å². The number of nitrogens with zero attached hydrogens (tertiary/aromatic N) is 14. The van der Waals surface area contributed by atoms with Crippen LogP contribution in [0.15, 0.2) is 227 Å². The molecule has 10 aromatic carbocycles. The standard InChI is InChI=1S/C21H12F6N2O2S.C21H23FN4O2.C21H22FN3O2.C20H20FN3O3.C20H21N3O3/c1-11-9-32-10-15(11)13-7-6-12(8-16(13)20(22,23)24)19-28-18(29-31-19)14-4-2-3-5-17(14)30-21(25,26)27;1-13-5-3-4-10-26(13)18-8-6-14(11-17(18)23)21-24-20(25-28-21)16-12-15(22)7-9-19(16)27-2;1-14-12-15(6-8-18(14)25-10-4-3-5-11-25)21-23-20(24-27-21)17-13-16(22)7-9-19(17)26-2;1-13-11-14(3-5-17(13)24-7-9-26-10-8-24)20-22-19(23-27-20)16-12-15(21)4-6-18(16)25-2;1-14-13-15(7-8-17(14)23-9-11-25-12-10-23)20-21-19(22-26-20)16-5-3-4-6-18(16)24-2/h2-10H,1H3;6-9,11-13H,3-5,10,23H2,1-2H3;6-9,12-13H,3-5,10-11H2,1-2H3;3-6,11-12H,7-10H2,1-2H3;3-8,13H,9-12H2,1-2H3. The van der Waals surface area contributed by atoms with Gasteiger partial charge in [0.1, 0.15) is 46.2 Å². The van der Waals surface area contributed by atoms with Gasteiger partial charge in [0.25, 0.3) is 29.5 Å². The molecule has 1 atom stereocenters. The van der Waals surface area contributed by atoms with Gasteiger partial charge >= 0.3 is 12.5 Å². The third kappa shape index (κ3) is 23.3. The summed E-state index contributed by atoms with van der Waals surface area (Å²) >= 11 is 1.29. The van der Waals surface area contributed by atoms with Crippen LogP contribution in [0.2, 0.25) is 0 Å². The van der Waals surface area contributed by atoms with E-state index in [9.17, 15) is 39.5 Å². The van der Waals surface area contributed by atoms with E-state index in [1.165, 1.54) is 172 Å². The van der Waals surface area contributed by atoms with Crippen LogP contribution >= 0.6 is 11.3 Å². The molecule has 140 heavy (non-hydrogen) atoms. The summed E-state index contributed by atoms with van der Waals surface area (Å²) in [5, 5.41) is 23.1. The Morgan fingerprint density at radius 3 is 1.09 bits per heavy atom. The summed E-state index contributed by atoms with van der Waals surface area (Å²) < 4.78 is 183. The number of piperidine rings is 2. The molecule has 0 radical (unpaired) electrons. The van der Waals surface area contributed by atoms with Gasteiger partial charge in [-0.1, -0.05) is 56.1 Å². The molecule has 0 bridgehead atoms. The number of para-hydroxylation sites is 2. The maximum atomic E-state index is 13.8. The minimum absolute atomic E-state index is 0.00339. The Kier molecular flexibility index (Phi) is 30.9. The Hall–Kier alpha value is -15.1. The zero-order valence-corrected chi connectivity index (χ0v) is 78.6. The van der Waals surface area contributed by atoms with Gasteiger partial charge in [-0.25, -0.2) is 13.2 Å². The normalized spacial score (nSPS) is 14.4. The summed E-state index contributed by atoms with van der Waals surface area (Å²) in [7, 11) is 6.19. The second-order valence-electron chi connectivity index (χ2n) is 33.2. The average Bonchev–Trinajstić information content (AvgIpc) is 1.45. The van der Waals surface area contributed by atoms with Crippen LogP contribution in [0.25, 0.3) is 125 Å². The predicted molar refractivity (Wildman–Crippen MR) is 513 cm³/mol. The molecule has 0 aliphatic carbocycles. The Bertz CT molecular complexity index is 6790. The molecule has 0 saturated carbocycles. The first-order valence-electron chi connectivity index (χ1n) is 45.0. The van der Waals surface area contributed by atoms with Crippen LogP contribution in [0.3, 0.4) is 0 Å². The van der Waals surface area contributed by atoms with E-state index in [0.29, 0.717) is 92.0 Å². The number of hydrogen-bond acceptors (Lipinski definition) is 28. The fraction of sp³-hybridized carbons (Fsp3) is 0.282. The number of hydrogen-bond donors (Lipinski definition) is 1. The van der Waals surface area contributed by atoms with Gasteiger partial charge in [0.2, 0.25) is 29.1 Å². The number of nitrogens with two attached hydrogens (primary N) is 1. The van der Waals surface area contributed by atoms with Crippen LogP contribution in [-0.2, 0) is 15.7 Å². The van der Waals surface area contributed by atoms with Crippen LogP contribution < -0.4 is 49.0 Å². The molecule has 2 N–H and O–H groups in total. The third-order valence-corrected chi connectivity index (χ3v) is 24.7. The highest BCUT2D eigenvalue weighted by Crippen LogP contribution is 2.45. The highest BCUT2D eigenvalue weighted by atomic mass is 32.1. The average molecular weight is 1940 g/mol. The zero-order chi connectivity index (χ0) is 98.3. The van der Waals surface area contributed by atoms with Crippen molar-refractivity contribution in [3.05, 3.63) is 250 Å². The molecule has 4 saturated heterocycles. The Balaban J connectivity index is 0.000000126. The molecule has 4 aliphatic heterocycles. The van der Waals surface area contributed by atoms with Gasteiger partial charge in [-0.05, 0) is 281 Å². The summed E-state index contributed by atoms with van der Waals surface area (Å²) in [6.07, 6.45) is -2.22. The van der Waals surface area contributed by atoms with Crippen molar-refractivity contribution in [1.82, 2.24) is 50.7 Å². The van der Waals surface area contributed by atoms with Gasteiger partial charge in [-0.15, -0.1) is 13.2 Å². The van der Waals surface area contributed by atoms with E-state index in [2.05, 4.69) is 133 Å². The molecule has 16 aromatic rings. The quantitative estimate of drug-likeness (QED) is 0.0547. The lowest BCUT2D eigenvalue weighted by Gasteiger charge is -2.36. The van der Waals surface area contributed by atoms with Crippen LogP contribution in [0.5, 0.6) is 28.7 Å². The molecule has 4 aliphatic rings. The van der Waals surface area contributed by atoms with Crippen molar-refractivity contribution in [3.8, 4) is 154 Å². The highest BCUT2D eigenvalue weighted by molar-refractivity contribution is 7.08. The summed E-state index contributed by atoms with van der Waals surface area (Å²) in [6, 6.07) is 53.6. The van der Waals surface area contributed by atoms with E-state index in [-0.39, 0.29) is 51.7 Å². The van der Waals surface area contributed by atoms with E-state index >= 15 is 0 Å². The molecular formula is C103H98F9N15O12S. The maximum absolute atomic E-state index is 13.8. The molecule has 4 fully saturated rings. The van der Waals surface area contributed by atoms with E-state index in [4.69, 9.17) is 56.8 Å². The molecule has 1 unspecified atom stereocenters. The maximum Gasteiger partial charge on any atom is 0.573 e. The van der Waals surface area contributed by atoms with Gasteiger partial charge < -0.3 is 81.1 Å². The van der Waals surface area contributed by atoms with Crippen molar-refractivity contribution in [2.24, 2.45) is 0 Å². The van der Waals surface area contributed by atoms with Gasteiger partial charge in [0, 0.05) is 96.7 Å². The summed E-state index contributed by atoms with van der Waals surface area (Å²) in [4.78, 5) is 31.2. The molecular weight excluding hydrogens is 1840 g/mol. The van der Waals surface area contributed by atoms with Crippen molar-refractivity contribution in [2.75, 3.05) is 126 Å². The number of nitrogen functional groups attached to an aromatic ring is 1. The minimum atomic E-state index is -4.94. The molecule has 0 amide bonds. The highest BCUT2D eigenvalue weighted by Gasteiger charge is 2.37. The number of ether oxygens (including phenoxy) is 7. The largest absolute Gasteiger partial charge is 0.573 e. The molecule has 6 aromatic heterocycles. The first-order valence-corrected chi connectivity index (χ1v) is 45.9. The lowest BCUT2D eigenvalue weighted by Crippen LogP contribution is -2.37. The van der Waals surface area contributed by atoms with E-state index < -0.39 is 29.7 Å². The summed E-state index contributed by atoms with van der Waals surface area (Å²) in [5.41, 5.74) is 20.8. The molecule has 10 heterocycles. The minimum Gasteiger partial charge on any atom is -0.496 e. The summed E-state index contributed by atoms with van der Waals surface area (Å²) in [5.74, 6) is 2.92. The smallest absolute Gasteiger partial charge is 0.496 e. The first kappa shape index (κ1) is 98.0. The van der Waals surface area contributed by atoms with Crippen molar-refractivity contribution >= 4 is 39.8 Å². The topological polar surface area (TPSA) is 298 Å². The zero-order valence-electron chi connectivity index (χ0n) is 77.8. The van der Waals surface area contributed by atoms with Crippen molar-refractivity contribution in [2.45, 2.75) is 91.7 Å². The second kappa shape index (κ2) is 44.1. The molecule has 27 nitrogen and oxygen atoms in total. The first-order chi connectivity index (χ1) is 67.7. The number of aromatic nitrogens is 10. The molecule has 0 spiro atoms. The fourth-order valence-corrected chi connectivity index (χ4v) is 17.7. The third-order valence-electron chi connectivity index (χ3n) is 23.9. The SMILES string of the molecule is COc1ccc(F)cc1-c1noc(-c2ccc(N3CCCCC3)c(C)c2)n1.COc1ccc(F)cc1-c1noc(-c2ccc(N3CCCCC3C)c(N)c2)n1.COc1ccc(F)cc1-c1noc(-c2ccc(N3CCOCC3)c(C)c2)n1.COc1ccccc1-c1noc(-c2ccc(N3CCOCC3)c(C)c2)n1.Cc1cscc1-c1ccc(-c2nc(-c3ccccc3OC(F)(F)F)no2)cc1C(F)(F)F. The van der Waals surface area contributed by atoms with Crippen LogP contribution in [0.4, 0.5) is 68.0 Å². The number of halogens is 9. The predicted octanol–water partition coefficient (Wildman–Crippen LogP) is 24.0. The van der Waals surface area contributed by atoms with Crippen molar-refractivity contribution in [3.63, 3.8) is 0 Å². The summed E-state index contributed by atoms with van der Waals surface area (Å²) in [6.45, 7) is 20.0. The molecule has 37 heteroatoms. The second-order valence-corrected chi connectivity index (χ2v) is 33.9. The fourth-order valence-electron chi connectivity index (χ4n) is 16.9. The number of anilines is 5. The lowest BCUT2D eigenvalue weighted by molar-refractivity contribution is -0.274. The lowest BCUT2D eigenvalue weighted by atomic mass is 9.97. The van der Waals surface area contributed by atoms with Gasteiger partial charge in [0.05, 0.1) is 99.6 Å². The number of rotatable bonds is 20. The van der Waals surface area contributed by atoms with E-state index in [0.717, 1.165) is 129 Å². The number of thiophene rings is 1. The van der Waals surface area contributed by atoms with Crippen LogP contribution in [-0.4, -0.2) is 164 Å². The van der Waals surface area contributed by atoms with E-state index in [1.54, 1.807) is 36.9 Å². The molecule has 20 rings (SSSR count). The number of alkyl halides is 6.